The first-order valence-electron chi connectivity index (χ1n) is 6.15. The summed E-state index contributed by atoms with van der Waals surface area (Å²) >= 11 is 0. The Morgan fingerprint density at radius 1 is 1.40 bits per heavy atom. The molecule has 2 aliphatic rings. The molecule has 0 spiro atoms. The van der Waals surface area contributed by atoms with Gasteiger partial charge in [-0.05, 0) is 44.7 Å². The molecule has 0 radical (unpaired) electrons. The van der Waals surface area contributed by atoms with E-state index in [1.54, 1.807) is 0 Å². The molecule has 1 atom stereocenters. The highest BCUT2D eigenvalue weighted by molar-refractivity contribution is 5.07. The monoisotopic (exact) mass is 205 g/mol. The summed E-state index contributed by atoms with van der Waals surface area (Å²) in [7, 11) is 0. The molecule has 1 aliphatic carbocycles. The van der Waals surface area contributed by atoms with Crippen molar-refractivity contribution in [3.8, 4) is 0 Å². The second-order valence-electron chi connectivity index (χ2n) is 4.92. The molecule has 1 aromatic heterocycles. The van der Waals surface area contributed by atoms with Gasteiger partial charge in [0.25, 0.3) is 0 Å². The van der Waals surface area contributed by atoms with Gasteiger partial charge in [0.05, 0.1) is 0 Å². The van der Waals surface area contributed by atoms with Crippen LogP contribution in [0.15, 0.2) is 12.4 Å². The third kappa shape index (κ3) is 2.07. The van der Waals surface area contributed by atoms with Gasteiger partial charge in [-0.3, -0.25) is 0 Å². The van der Waals surface area contributed by atoms with Gasteiger partial charge in [0.1, 0.15) is 5.82 Å². The smallest absolute Gasteiger partial charge is 0.111 e. The number of imidazole rings is 1. The highest BCUT2D eigenvalue weighted by Gasteiger charge is 2.28. The summed E-state index contributed by atoms with van der Waals surface area (Å²) in [6.07, 6.45) is 9.51. The number of nitrogens with zero attached hydrogens (tertiary/aromatic N) is 2. The van der Waals surface area contributed by atoms with Gasteiger partial charge in [-0.25, -0.2) is 4.98 Å². The molecule has 1 saturated carbocycles. The van der Waals surface area contributed by atoms with Crippen molar-refractivity contribution in [1.29, 1.82) is 0 Å². The molecule has 2 fully saturated rings. The number of rotatable bonds is 3. The van der Waals surface area contributed by atoms with Crippen molar-refractivity contribution in [1.82, 2.24) is 14.9 Å². The summed E-state index contributed by atoms with van der Waals surface area (Å²) in [5, 5.41) is 3.48. The van der Waals surface area contributed by atoms with Crippen molar-refractivity contribution in [3.05, 3.63) is 18.2 Å². The predicted octanol–water partition coefficient (Wildman–Crippen LogP) is 1.76. The molecule has 3 heteroatoms. The van der Waals surface area contributed by atoms with Crippen molar-refractivity contribution >= 4 is 0 Å². The van der Waals surface area contributed by atoms with Crippen LogP contribution < -0.4 is 5.32 Å². The Kier molecular flexibility index (Phi) is 2.49. The van der Waals surface area contributed by atoms with Crippen LogP contribution in [0.4, 0.5) is 0 Å². The van der Waals surface area contributed by atoms with E-state index in [4.69, 9.17) is 0 Å². The minimum atomic E-state index is 0.775. The van der Waals surface area contributed by atoms with Crippen molar-refractivity contribution in [2.24, 2.45) is 5.92 Å². The number of nitrogens with one attached hydrogen (secondary N) is 1. The SMILES string of the molecule is c1cn(CC2CCCNC2)c(C2CC2)n1. The fourth-order valence-corrected chi connectivity index (χ4v) is 2.53. The lowest BCUT2D eigenvalue weighted by Gasteiger charge is -2.23. The van der Waals surface area contributed by atoms with Gasteiger partial charge in [0.15, 0.2) is 0 Å². The quantitative estimate of drug-likeness (QED) is 0.815. The van der Waals surface area contributed by atoms with Crippen molar-refractivity contribution in [2.45, 2.75) is 38.1 Å². The predicted molar refractivity (Wildman–Crippen MR) is 59.8 cm³/mol. The fourth-order valence-electron chi connectivity index (χ4n) is 2.53. The molecule has 1 unspecified atom stereocenters. The van der Waals surface area contributed by atoms with Gasteiger partial charge >= 0.3 is 0 Å². The molecule has 1 aromatic rings. The van der Waals surface area contributed by atoms with Gasteiger partial charge in [0.2, 0.25) is 0 Å². The normalized spacial score (nSPS) is 26.8. The molecule has 15 heavy (non-hydrogen) atoms. The number of hydrogen-bond acceptors (Lipinski definition) is 2. The summed E-state index contributed by atoms with van der Waals surface area (Å²) in [6.45, 7) is 3.55. The Bertz CT molecular complexity index is 321. The maximum atomic E-state index is 4.49. The summed E-state index contributed by atoms with van der Waals surface area (Å²) in [4.78, 5) is 4.49. The first kappa shape index (κ1) is 9.40. The number of hydrogen-bond donors (Lipinski definition) is 1. The lowest BCUT2D eigenvalue weighted by molar-refractivity contribution is 0.333. The third-order valence-corrected chi connectivity index (χ3v) is 3.54. The zero-order valence-corrected chi connectivity index (χ0v) is 9.15. The summed E-state index contributed by atoms with van der Waals surface area (Å²) in [5.41, 5.74) is 0. The summed E-state index contributed by atoms with van der Waals surface area (Å²) < 4.78 is 2.38. The maximum absolute atomic E-state index is 4.49. The fraction of sp³-hybridized carbons (Fsp3) is 0.750. The molecule has 1 aliphatic heterocycles. The Morgan fingerprint density at radius 2 is 2.33 bits per heavy atom. The zero-order chi connectivity index (χ0) is 10.1. The molecular weight excluding hydrogens is 186 g/mol. The van der Waals surface area contributed by atoms with Crippen LogP contribution in [0, 0.1) is 5.92 Å². The standard InChI is InChI=1S/C12H19N3/c1-2-10(8-13-5-1)9-15-7-6-14-12(15)11-3-4-11/h6-7,10-11,13H,1-5,8-9H2. The second kappa shape index (κ2) is 3.97. The Balaban J connectivity index is 1.67. The van der Waals surface area contributed by atoms with Crippen LogP contribution in [-0.2, 0) is 6.54 Å². The molecule has 82 valence electrons. The largest absolute Gasteiger partial charge is 0.334 e. The van der Waals surface area contributed by atoms with Crippen LogP contribution in [0.25, 0.3) is 0 Å². The van der Waals surface area contributed by atoms with E-state index in [2.05, 4.69) is 21.1 Å². The van der Waals surface area contributed by atoms with Crippen molar-refractivity contribution in [2.75, 3.05) is 13.1 Å². The molecule has 3 nitrogen and oxygen atoms in total. The zero-order valence-electron chi connectivity index (χ0n) is 9.15. The van der Waals surface area contributed by atoms with E-state index in [1.807, 2.05) is 6.20 Å². The Labute approximate surface area is 90.9 Å². The summed E-state index contributed by atoms with van der Waals surface area (Å²) in [5.74, 6) is 2.92. The molecule has 2 heterocycles. The van der Waals surface area contributed by atoms with Gasteiger partial charge in [0, 0.05) is 24.9 Å². The van der Waals surface area contributed by atoms with Gasteiger partial charge in [-0.1, -0.05) is 0 Å². The van der Waals surface area contributed by atoms with Crippen LogP contribution in [0.2, 0.25) is 0 Å². The third-order valence-electron chi connectivity index (χ3n) is 3.54. The summed E-state index contributed by atoms with van der Waals surface area (Å²) in [6, 6.07) is 0. The van der Waals surface area contributed by atoms with Crippen LogP contribution in [-0.4, -0.2) is 22.6 Å². The van der Waals surface area contributed by atoms with Crippen LogP contribution >= 0.6 is 0 Å². The van der Waals surface area contributed by atoms with Crippen molar-refractivity contribution in [3.63, 3.8) is 0 Å². The van der Waals surface area contributed by atoms with Gasteiger partial charge in [-0.15, -0.1) is 0 Å². The minimum absolute atomic E-state index is 0.775. The minimum Gasteiger partial charge on any atom is -0.334 e. The topological polar surface area (TPSA) is 29.9 Å². The van der Waals surface area contributed by atoms with E-state index in [-0.39, 0.29) is 0 Å². The number of aromatic nitrogens is 2. The van der Waals surface area contributed by atoms with E-state index in [0.717, 1.165) is 11.8 Å². The molecule has 1 N–H and O–H groups in total. The van der Waals surface area contributed by atoms with Crippen LogP contribution in [0.3, 0.4) is 0 Å². The average Bonchev–Trinajstić information content (AvgIpc) is 3.02. The average molecular weight is 205 g/mol. The van der Waals surface area contributed by atoms with Gasteiger partial charge in [-0.2, -0.15) is 0 Å². The molecule has 1 saturated heterocycles. The maximum Gasteiger partial charge on any atom is 0.111 e. The molecule has 3 rings (SSSR count). The van der Waals surface area contributed by atoms with E-state index in [9.17, 15) is 0 Å². The van der Waals surface area contributed by atoms with Gasteiger partial charge < -0.3 is 9.88 Å². The van der Waals surface area contributed by atoms with Crippen molar-refractivity contribution < 1.29 is 0 Å². The lowest BCUT2D eigenvalue weighted by atomic mass is 9.99. The highest BCUT2D eigenvalue weighted by atomic mass is 15.1. The number of piperidine rings is 1. The first-order valence-corrected chi connectivity index (χ1v) is 6.15. The van der Waals surface area contributed by atoms with E-state index in [1.165, 1.54) is 51.1 Å². The van der Waals surface area contributed by atoms with Crippen LogP contribution in [0.5, 0.6) is 0 Å². The molecule has 0 amide bonds. The molecular formula is C12H19N3. The van der Waals surface area contributed by atoms with E-state index in [0.29, 0.717) is 0 Å². The second-order valence-corrected chi connectivity index (χ2v) is 4.92. The molecule has 0 bridgehead atoms. The first-order chi connectivity index (χ1) is 7.43. The van der Waals surface area contributed by atoms with E-state index >= 15 is 0 Å². The molecule has 0 aromatic carbocycles. The lowest BCUT2D eigenvalue weighted by Crippen LogP contribution is -2.32. The highest BCUT2D eigenvalue weighted by Crippen LogP contribution is 2.39. The van der Waals surface area contributed by atoms with E-state index < -0.39 is 0 Å². The van der Waals surface area contributed by atoms with Crippen LogP contribution in [0.1, 0.15) is 37.4 Å². The Morgan fingerprint density at radius 3 is 3.07 bits per heavy atom. The Hall–Kier alpha value is -0.830.